The van der Waals surface area contributed by atoms with E-state index < -0.39 is 11.9 Å². The highest BCUT2D eigenvalue weighted by Gasteiger charge is 2.33. The van der Waals surface area contributed by atoms with Gasteiger partial charge in [-0.05, 0) is 15.9 Å². The van der Waals surface area contributed by atoms with E-state index in [9.17, 15) is 13.2 Å². The minimum absolute atomic E-state index is 0.178. The number of rotatable bonds is 0. The summed E-state index contributed by atoms with van der Waals surface area (Å²) < 4.78 is 35.8. The molecule has 0 atom stereocenters. The standard InChI is InChI=1S/C5HBrClF3N2/c6-4-11-2(5(8,9)10)1-3(7)12-4/h1H. The Hall–Kier alpha value is -0.360. The van der Waals surface area contributed by atoms with Crippen molar-refractivity contribution in [3.05, 3.63) is 21.6 Å². The molecule has 2 nitrogen and oxygen atoms in total. The monoisotopic (exact) mass is 260 g/mol. The van der Waals surface area contributed by atoms with Crippen LogP contribution in [0.5, 0.6) is 0 Å². The van der Waals surface area contributed by atoms with E-state index in [0.717, 1.165) is 0 Å². The van der Waals surface area contributed by atoms with Crippen LogP contribution in [0.1, 0.15) is 5.69 Å². The topological polar surface area (TPSA) is 25.8 Å². The molecule has 0 amide bonds. The molecular formula is C5HBrClF3N2. The number of hydrogen-bond donors (Lipinski definition) is 0. The molecule has 0 N–H and O–H groups in total. The Morgan fingerprint density at radius 3 is 2.33 bits per heavy atom. The van der Waals surface area contributed by atoms with Crippen molar-refractivity contribution in [1.82, 2.24) is 9.97 Å². The molecule has 0 bridgehead atoms. The molecule has 0 aromatic carbocycles. The first kappa shape index (κ1) is 9.73. The zero-order valence-corrected chi connectivity index (χ0v) is 7.70. The van der Waals surface area contributed by atoms with Crippen molar-refractivity contribution in [3.63, 3.8) is 0 Å². The van der Waals surface area contributed by atoms with Crippen LogP contribution in [0, 0.1) is 0 Å². The van der Waals surface area contributed by atoms with Gasteiger partial charge in [-0.15, -0.1) is 0 Å². The van der Waals surface area contributed by atoms with Crippen molar-refractivity contribution in [2.75, 3.05) is 0 Å². The van der Waals surface area contributed by atoms with Gasteiger partial charge in [-0.3, -0.25) is 0 Å². The molecule has 7 heteroatoms. The van der Waals surface area contributed by atoms with Crippen LogP contribution in [-0.4, -0.2) is 9.97 Å². The zero-order valence-electron chi connectivity index (χ0n) is 5.36. The van der Waals surface area contributed by atoms with Crippen LogP contribution in [0.25, 0.3) is 0 Å². The zero-order chi connectivity index (χ0) is 9.35. The van der Waals surface area contributed by atoms with E-state index in [1.807, 2.05) is 0 Å². The number of hydrogen-bond acceptors (Lipinski definition) is 2. The largest absolute Gasteiger partial charge is 0.433 e. The van der Waals surface area contributed by atoms with E-state index in [1.165, 1.54) is 0 Å². The lowest BCUT2D eigenvalue weighted by molar-refractivity contribution is -0.141. The van der Waals surface area contributed by atoms with Gasteiger partial charge in [0.15, 0.2) is 10.4 Å². The molecule has 0 saturated heterocycles. The maximum atomic E-state index is 12.0. The maximum Gasteiger partial charge on any atom is 0.433 e. The van der Waals surface area contributed by atoms with Crippen LogP contribution < -0.4 is 0 Å². The van der Waals surface area contributed by atoms with Crippen molar-refractivity contribution in [2.24, 2.45) is 0 Å². The molecule has 0 radical (unpaired) electrons. The Morgan fingerprint density at radius 2 is 1.92 bits per heavy atom. The van der Waals surface area contributed by atoms with Crippen molar-refractivity contribution < 1.29 is 13.2 Å². The highest BCUT2D eigenvalue weighted by atomic mass is 79.9. The smallest absolute Gasteiger partial charge is 0.218 e. The van der Waals surface area contributed by atoms with Gasteiger partial charge in [-0.2, -0.15) is 13.2 Å². The molecule has 1 rings (SSSR count). The SMILES string of the molecule is FC(F)(F)c1cc(Cl)nc(Br)n1. The lowest BCUT2D eigenvalue weighted by atomic mass is 10.4. The third-order valence-electron chi connectivity index (χ3n) is 0.958. The van der Waals surface area contributed by atoms with Gasteiger partial charge in [0, 0.05) is 6.07 Å². The molecule has 0 aliphatic carbocycles. The second kappa shape index (κ2) is 3.18. The fourth-order valence-electron chi connectivity index (χ4n) is 0.535. The Balaban J connectivity index is 3.18. The normalized spacial score (nSPS) is 11.8. The summed E-state index contributed by atoms with van der Waals surface area (Å²) in [5.74, 6) is 0. The van der Waals surface area contributed by atoms with Crippen molar-refractivity contribution in [3.8, 4) is 0 Å². The van der Waals surface area contributed by atoms with Gasteiger partial charge in [-0.1, -0.05) is 11.6 Å². The van der Waals surface area contributed by atoms with Gasteiger partial charge >= 0.3 is 6.18 Å². The Labute approximate surface area is 78.9 Å². The van der Waals surface area contributed by atoms with Gasteiger partial charge in [0.1, 0.15) is 5.15 Å². The molecule has 12 heavy (non-hydrogen) atoms. The summed E-state index contributed by atoms with van der Waals surface area (Å²) >= 11 is 7.97. The first-order valence-electron chi connectivity index (χ1n) is 2.67. The molecule has 0 aliphatic rings. The molecular weight excluding hydrogens is 260 g/mol. The summed E-state index contributed by atoms with van der Waals surface area (Å²) in [5.41, 5.74) is -1.06. The van der Waals surface area contributed by atoms with E-state index in [-0.39, 0.29) is 9.89 Å². The second-order valence-electron chi connectivity index (χ2n) is 1.84. The fourth-order valence-corrected chi connectivity index (χ4v) is 1.20. The van der Waals surface area contributed by atoms with Gasteiger partial charge in [-0.25, -0.2) is 9.97 Å². The summed E-state index contributed by atoms with van der Waals surface area (Å²) in [6.07, 6.45) is -4.49. The molecule has 1 heterocycles. The van der Waals surface area contributed by atoms with Crippen molar-refractivity contribution in [2.45, 2.75) is 6.18 Å². The first-order chi connectivity index (χ1) is 5.39. The number of halogens is 5. The second-order valence-corrected chi connectivity index (χ2v) is 2.94. The van der Waals surface area contributed by atoms with Gasteiger partial charge in [0.25, 0.3) is 0 Å². The Kier molecular flexibility index (Phi) is 2.58. The van der Waals surface area contributed by atoms with Gasteiger partial charge in [0.2, 0.25) is 0 Å². The molecule has 66 valence electrons. The predicted molar refractivity (Wildman–Crippen MR) is 39.7 cm³/mol. The van der Waals surface area contributed by atoms with Crippen LogP contribution in [0.3, 0.4) is 0 Å². The van der Waals surface area contributed by atoms with Crippen LogP contribution >= 0.6 is 27.5 Å². The summed E-state index contributed by atoms with van der Waals surface area (Å²) in [4.78, 5) is 6.52. The van der Waals surface area contributed by atoms with Crippen LogP contribution in [0.2, 0.25) is 5.15 Å². The van der Waals surface area contributed by atoms with Crippen LogP contribution in [0.4, 0.5) is 13.2 Å². The third-order valence-corrected chi connectivity index (χ3v) is 1.51. The number of nitrogens with zero attached hydrogens (tertiary/aromatic N) is 2. The summed E-state index contributed by atoms with van der Waals surface area (Å²) in [6, 6.07) is 0.659. The molecule has 1 aromatic rings. The molecule has 0 aliphatic heterocycles. The molecule has 0 saturated carbocycles. The van der Waals surface area contributed by atoms with E-state index in [4.69, 9.17) is 11.6 Å². The van der Waals surface area contributed by atoms with Crippen LogP contribution in [-0.2, 0) is 6.18 Å². The summed E-state index contributed by atoms with van der Waals surface area (Å²) in [7, 11) is 0. The van der Waals surface area contributed by atoms with Gasteiger partial charge in [0.05, 0.1) is 0 Å². The lowest BCUT2D eigenvalue weighted by Crippen LogP contribution is -2.08. The van der Waals surface area contributed by atoms with E-state index in [0.29, 0.717) is 6.07 Å². The maximum absolute atomic E-state index is 12.0. The molecule has 0 unspecified atom stereocenters. The third kappa shape index (κ3) is 2.31. The fraction of sp³-hybridized carbons (Fsp3) is 0.200. The lowest BCUT2D eigenvalue weighted by Gasteiger charge is -2.04. The quantitative estimate of drug-likeness (QED) is 0.530. The number of aromatic nitrogens is 2. The van der Waals surface area contributed by atoms with Crippen molar-refractivity contribution >= 4 is 27.5 Å². The van der Waals surface area contributed by atoms with E-state index in [2.05, 4.69) is 25.9 Å². The highest BCUT2D eigenvalue weighted by Crippen LogP contribution is 2.29. The van der Waals surface area contributed by atoms with E-state index >= 15 is 0 Å². The molecule has 0 fully saturated rings. The first-order valence-corrected chi connectivity index (χ1v) is 3.84. The van der Waals surface area contributed by atoms with Crippen molar-refractivity contribution in [1.29, 1.82) is 0 Å². The number of alkyl halides is 3. The summed E-state index contributed by atoms with van der Waals surface area (Å²) in [5, 5.41) is -0.246. The minimum atomic E-state index is -4.49. The highest BCUT2D eigenvalue weighted by molar-refractivity contribution is 9.10. The molecule has 1 aromatic heterocycles. The van der Waals surface area contributed by atoms with E-state index in [1.54, 1.807) is 0 Å². The Bertz CT molecular complexity index is 281. The van der Waals surface area contributed by atoms with Gasteiger partial charge < -0.3 is 0 Å². The molecule has 0 spiro atoms. The Morgan fingerprint density at radius 1 is 1.33 bits per heavy atom. The predicted octanol–water partition coefficient (Wildman–Crippen LogP) is 2.91. The van der Waals surface area contributed by atoms with Crippen LogP contribution in [0.15, 0.2) is 10.8 Å². The average molecular weight is 261 g/mol. The minimum Gasteiger partial charge on any atom is -0.218 e. The average Bonchev–Trinajstić information content (AvgIpc) is 1.82. The summed E-state index contributed by atoms with van der Waals surface area (Å²) in [6.45, 7) is 0.